The molecule has 0 atom stereocenters. The third kappa shape index (κ3) is 3.01. The van der Waals surface area contributed by atoms with Gasteiger partial charge in [0.25, 0.3) is 5.91 Å². The molecule has 120 valence electrons. The Morgan fingerprint density at radius 2 is 2.13 bits per heavy atom. The monoisotopic (exact) mass is 315 g/mol. The second-order valence-electron chi connectivity index (χ2n) is 5.29. The first kappa shape index (κ1) is 15.0. The molecule has 0 fully saturated rings. The molecular weight excluding hydrogens is 298 g/mol. The molecule has 0 bridgehead atoms. The lowest BCUT2D eigenvalue weighted by molar-refractivity contribution is 0.0593. The summed E-state index contributed by atoms with van der Waals surface area (Å²) in [7, 11) is 1.32. The number of esters is 1. The quantitative estimate of drug-likeness (QED) is 0.818. The van der Waals surface area contributed by atoms with E-state index in [1.807, 2.05) is 0 Å². The van der Waals surface area contributed by atoms with Crippen molar-refractivity contribution in [3.05, 3.63) is 41.3 Å². The molecule has 23 heavy (non-hydrogen) atoms. The molecule has 8 nitrogen and oxygen atoms in total. The van der Waals surface area contributed by atoms with Gasteiger partial charge < -0.3 is 15.4 Å². The van der Waals surface area contributed by atoms with Gasteiger partial charge in [-0.3, -0.25) is 9.48 Å². The van der Waals surface area contributed by atoms with Crippen molar-refractivity contribution in [1.82, 2.24) is 19.7 Å². The molecule has 0 saturated heterocycles. The Hall–Kier alpha value is -2.90. The molecule has 3 rings (SSSR count). The number of fused-ring (bicyclic) bond motifs is 1. The molecule has 2 N–H and O–H groups in total. The summed E-state index contributed by atoms with van der Waals surface area (Å²) in [5, 5.41) is 4.23. The van der Waals surface area contributed by atoms with Gasteiger partial charge in [0.05, 0.1) is 24.9 Å². The van der Waals surface area contributed by atoms with Crippen LogP contribution in [-0.4, -0.2) is 45.2 Å². The molecule has 0 spiro atoms. The fourth-order valence-electron chi connectivity index (χ4n) is 2.55. The number of carbonyl (C=O) groups is 2. The summed E-state index contributed by atoms with van der Waals surface area (Å²) in [5.74, 6) is -0.226. The number of nitrogens with two attached hydrogens (primary N) is 1. The molecule has 0 aromatic carbocycles. The van der Waals surface area contributed by atoms with Gasteiger partial charge in [-0.2, -0.15) is 5.10 Å². The maximum atomic E-state index is 12.6. The van der Waals surface area contributed by atoms with E-state index >= 15 is 0 Å². The summed E-state index contributed by atoms with van der Waals surface area (Å²) < 4.78 is 6.44. The third-order valence-corrected chi connectivity index (χ3v) is 3.73. The zero-order chi connectivity index (χ0) is 16.4. The van der Waals surface area contributed by atoms with Crippen molar-refractivity contribution >= 4 is 17.7 Å². The first-order valence-electron chi connectivity index (χ1n) is 7.24. The van der Waals surface area contributed by atoms with Crippen LogP contribution in [0, 0.1) is 0 Å². The number of ether oxygens (including phenoxy) is 1. The van der Waals surface area contributed by atoms with E-state index in [0.717, 1.165) is 12.1 Å². The van der Waals surface area contributed by atoms with Gasteiger partial charge in [0.1, 0.15) is 5.82 Å². The maximum Gasteiger partial charge on any atom is 0.358 e. The second-order valence-corrected chi connectivity index (χ2v) is 5.29. The zero-order valence-corrected chi connectivity index (χ0v) is 12.7. The average Bonchev–Trinajstić information content (AvgIpc) is 2.86. The van der Waals surface area contributed by atoms with Gasteiger partial charge in [0, 0.05) is 19.3 Å². The highest BCUT2D eigenvalue weighted by atomic mass is 16.5. The van der Waals surface area contributed by atoms with Gasteiger partial charge in [0.15, 0.2) is 5.69 Å². The number of nitrogens with zero attached hydrogens (tertiary/aromatic N) is 4. The van der Waals surface area contributed by atoms with Crippen LogP contribution >= 0.6 is 0 Å². The molecule has 0 radical (unpaired) electrons. The average molecular weight is 315 g/mol. The molecule has 1 aliphatic rings. The van der Waals surface area contributed by atoms with Crippen LogP contribution in [0.5, 0.6) is 0 Å². The van der Waals surface area contributed by atoms with Crippen LogP contribution in [0.2, 0.25) is 0 Å². The highest BCUT2D eigenvalue weighted by Gasteiger charge is 2.23. The number of hydrogen-bond donors (Lipinski definition) is 1. The predicted molar refractivity (Wildman–Crippen MR) is 81.6 cm³/mol. The van der Waals surface area contributed by atoms with E-state index in [1.165, 1.54) is 13.3 Å². The topological polar surface area (TPSA) is 103 Å². The predicted octanol–water partition coefficient (Wildman–Crippen LogP) is 0.693. The summed E-state index contributed by atoms with van der Waals surface area (Å²) in [6.07, 6.45) is 2.23. The van der Waals surface area contributed by atoms with Gasteiger partial charge in [-0.15, -0.1) is 0 Å². The van der Waals surface area contributed by atoms with E-state index in [9.17, 15) is 9.59 Å². The van der Waals surface area contributed by atoms with Crippen molar-refractivity contribution in [2.75, 3.05) is 19.4 Å². The highest BCUT2D eigenvalue weighted by molar-refractivity contribution is 5.94. The minimum Gasteiger partial charge on any atom is -0.464 e. The number of rotatable bonds is 2. The summed E-state index contributed by atoms with van der Waals surface area (Å²) in [6, 6.07) is 4.93. The van der Waals surface area contributed by atoms with Crippen LogP contribution in [0.15, 0.2) is 24.4 Å². The first-order valence-corrected chi connectivity index (χ1v) is 7.24. The Bertz CT molecular complexity index is 738. The largest absolute Gasteiger partial charge is 0.464 e. The number of pyridine rings is 1. The standard InChI is InChI=1S/C15H17N5O3/c1-23-15(22)12-7-11-9-19(5-2-6-20(11)18-12)14(21)10-3-4-13(16)17-8-10/h3-4,7-8H,2,5-6,9H2,1H3,(H2,16,17). The van der Waals surface area contributed by atoms with Gasteiger partial charge >= 0.3 is 5.97 Å². The van der Waals surface area contributed by atoms with Crippen molar-refractivity contribution in [1.29, 1.82) is 0 Å². The van der Waals surface area contributed by atoms with Gasteiger partial charge in [-0.05, 0) is 24.6 Å². The van der Waals surface area contributed by atoms with Crippen LogP contribution in [0.1, 0.15) is 33.0 Å². The minimum absolute atomic E-state index is 0.119. The summed E-state index contributed by atoms with van der Waals surface area (Å²) >= 11 is 0. The Balaban J connectivity index is 1.82. The number of nitrogen functional groups attached to an aromatic ring is 1. The molecular formula is C15H17N5O3. The van der Waals surface area contributed by atoms with Crippen LogP contribution in [0.4, 0.5) is 5.82 Å². The third-order valence-electron chi connectivity index (χ3n) is 3.73. The molecule has 2 aromatic rings. The van der Waals surface area contributed by atoms with Crippen molar-refractivity contribution in [2.24, 2.45) is 0 Å². The van der Waals surface area contributed by atoms with Crippen molar-refractivity contribution < 1.29 is 14.3 Å². The van der Waals surface area contributed by atoms with E-state index < -0.39 is 5.97 Å². The van der Waals surface area contributed by atoms with E-state index in [0.29, 0.717) is 31.0 Å². The van der Waals surface area contributed by atoms with Crippen molar-refractivity contribution in [3.8, 4) is 0 Å². The number of aromatic nitrogens is 3. The van der Waals surface area contributed by atoms with E-state index in [-0.39, 0.29) is 11.6 Å². The molecule has 1 aliphatic heterocycles. The lowest BCUT2D eigenvalue weighted by Gasteiger charge is -2.19. The van der Waals surface area contributed by atoms with E-state index in [2.05, 4.69) is 14.8 Å². The minimum atomic E-state index is -0.480. The van der Waals surface area contributed by atoms with Gasteiger partial charge in [-0.1, -0.05) is 0 Å². The van der Waals surface area contributed by atoms with Crippen LogP contribution in [0.3, 0.4) is 0 Å². The number of anilines is 1. The number of aryl methyl sites for hydroxylation is 1. The second kappa shape index (κ2) is 6.07. The van der Waals surface area contributed by atoms with Crippen LogP contribution in [0.25, 0.3) is 0 Å². The Kier molecular flexibility index (Phi) is 3.96. The fraction of sp³-hybridized carbons (Fsp3) is 0.333. The molecule has 3 heterocycles. The molecule has 0 aliphatic carbocycles. The summed E-state index contributed by atoms with van der Waals surface area (Å²) in [6.45, 7) is 1.64. The molecule has 0 unspecified atom stereocenters. The molecule has 2 aromatic heterocycles. The number of carbonyl (C=O) groups excluding carboxylic acids is 2. The highest BCUT2D eigenvalue weighted by Crippen LogP contribution is 2.17. The van der Waals surface area contributed by atoms with Crippen LogP contribution in [-0.2, 0) is 17.8 Å². The van der Waals surface area contributed by atoms with Crippen LogP contribution < -0.4 is 5.73 Å². The molecule has 0 saturated carbocycles. The van der Waals surface area contributed by atoms with E-state index in [1.54, 1.807) is 27.8 Å². The smallest absolute Gasteiger partial charge is 0.358 e. The maximum absolute atomic E-state index is 12.6. The Morgan fingerprint density at radius 3 is 2.83 bits per heavy atom. The normalized spacial score (nSPS) is 14.0. The van der Waals surface area contributed by atoms with Crippen molar-refractivity contribution in [2.45, 2.75) is 19.5 Å². The lowest BCUT2D eigenvalue weighted by atomic mass is 10.2. The zero-order valence-electron chi connectivity index (χ0n) is 12.7. The Labute approximate surface area is 132 Å². The lowest BCUT2D eigenvalue weighted by Crippen LogP contribution is -2.30. The first-order chi connectivity index (χ1) is 11.1. The van der Waals surface area contributed by atoms with Gasteiger partial charge in [-0.25, -0.2) is 9.78 Å². The molecule has 8 heteroatoms. The summed E-state index contributed by atoms with van der Waals surface area (Å²) in [5.41, 5.74) is 7.09. The summed E-state index contributed by atoms with van der Waals surface area (Å²) in [4.78, 5) is 29.9. The Morgan fingerprint density at radius 1 is 1.30 bits per heavy atom. The van der Waals surface area contributed by atoms with E-state index in [4.69, 9.17) is 5.73 Å². The number of amides is 1. The SMILES string of the molecule is COC(=O)c1cc2n(n1)CCCN(C(=O)c1ccc(N)nc1)C2. The number of hydrogen-bond acceptors (Lipinski definition) is 6. The van der Waals surface area contributed by atoms with Gasteiger partial charge in [0.2, 0.25) is 0 Å². The number of methoxy groups -OCH3 is 1. The van der Waals surface area contributed by atoms with Crippen molar-refractivity contribution in [3.63, 3.8) is 0 Å². The fourth-order valence-corrected chi connectivity index (χ4v) is 2.55. The molecule has 1 amide bonds.